The van der Waals surface area contributed by atoms with E-state index in [0.717, 1.165) is 11.4 Å². The lowest BCUT2D eigenvalue weighted by atomic mass is 10.1. The van der Waals surface area contributed by atoms with E-state index < -0.39 is 0 Å². The highest BCUT2D eigenvalue weighted by Gasteiger charge is 2.07. The Bertz CT molecular complexity index is 688. The number of hydrogen-bond acceptors (Lipinski definition) is 2. The van der Waals surface area contributed by atoms with Gasteiger partial charge in [0.2, 0.25) is 0 Å². The molecule has 1 aromatic heterocycles. The van der Waals surface area contributed by atoms with Gasteiger partial charge in [-0.15, -0.1) is 16.7 Å². The standard InChI is InChI=1S/C14H12ClN3/c1-10(15)14-9-18(17-16-14)13-7-6-11-4-2-3-5-12(11)8-13/h2-10H,1H3. The minimum Gasteiger partial charge on any atom is -0.220 e. The van der Waals surface area contributed by atoms with Crippen molar-refractivity contribution >= 4 is 22.4 Å². The van der Waals surface area contributed by atoms with Crippen molar-refractivity contribution in [3.8, 4) is 5.69 Å². The van der Waals surface area contributed by atoms with Crippen molar-refractivity contribution in [2.75, 3.05) is 0 Å². The molecule has 0 N–H and O–H groups in total. The molecule has 3 rings (SSSR count). The zero-order valence-electron chi connectivity index (χ0n) is 9.92. The number of fused-ring (bicyclic) bond motifs is 1. The van der Waals surface area contributed by atoms with Crippen LogP contribution in [0.1, 0.15) is 18.0 Å². The van der Waals surface area contributed by atoms with Crippen molar-refractivity contribution in [1.82, 2.24) is 15.0 Å². The lowest BCUT2D eigenvalue weighted by molar-refractivity contribution is 0.797. The van der Waals surface area contributed by atoms with Crippen molar-refractivity contribution < 1.29 is 0 Å². The van der Waals surface area contributed by atoms with Gasteiger partial charge in [-0.2, -0.15) is 0 Å². The second-order valence-electron chi connectivity index (χ2n) is 4.24. The lowest BCUT2D eigenvalue weighted by Gasteiger charge is -2.02. The fourth-order valence-electron chi connectivity index (χ4n) is 1.90. The Kier molecular flexibility index (Phi) is 2.76. The molecule has 1 unspecified atom stereocenters. The van der Waals surface area contributed by atoms with Crippen LogP contribution in [0.15, 0.2) is 48.7 Å². The fraction of sp³-hybridized carbons (Fsp3) is 0.143. The van der Waals surface area contributed by atoms with Crippen molar-refractivity contribution in [2.24, 2.45) is 0 Å². The van der Waals surface area contributed by atoms with Crippen LogP contribution < -0.4 is 0 Å². The SMILES string of the molecule is CC(Cl)c1cn(-c2ccc3ccccc3c2)nn1. The molecule has 3 nitrogen and oxygen atoms in total. The summed E-state index contributed by atoms with van der Waals surface area (Å²) in [7, 11) is 0. The molecule has 18 heavy (non-hydrogen) atoms. The number of halogens is 1. The molecule has 3 aromatic rings. The Labute approximate surface area is 110 Å². The maximum atomic E-state index is 5.98. The molecule has 0 saturated carbocycles. The van der Waals surface area contributed by atoms with E-state index in [1.165, 1.54) is 10.8 Å². The van der Waals surface area contributed by atoms with Gasteiger partial charge < -0.3 is 0 Å². The molecular formula is C14H12ClN3. The fourth-order valence-corrected chi connectivity index (χ4v) is 2.00. The molecule has 0 radical (unpaired) electrons. The number of aromatic nitrogens is 3. The summed E-state index contributed by atoms with van der Waals surface area (Å²) in [4.78, 5) is 0. The van der Waals surface area contributed by atoms with Crippen LogP contribution in [-0.4, -0.2) is 15.0 Å². The molecule has 1 atom stereocenters. The first kappa shape index (κ1) is 11.2. The summed E-state index contributed by atoms with van der Waals surface area (Å²) in [6, 6.07) is 14.4. The third kappa shape index (κ3) is 1.97. The van der Waals surface area contributed by atoms with Gasteiger partial charge in [0.05, 0.1) is 17.3 Å². The highest BCUT2D eigenvalue weighted by molar-refractivity contribution is 6.20. The summed E-state index contributed by atoms with van der Waals surface area (Å²) in [5, 5.41) is 10.4. The molecule has 90 valence electrons. The van der Waals surface area contributed by atoms with Crippen molar-refractivity contribution in [1.29, 1.82) is 0 Å². The van der Waals surface area contributed by atoms with Crippen molar-refractivity contribution in [2.45, 2.75) is 12.3 Å². The second kappa shape index (κ2) is 4.42. The monoisotopic (exact) mass is 257 g/mol. The smallest absolute Gasteiger partial charge is 0.101 e. The summed E-state index contributed by atoms with van der Waals surface area (Å²) >= 11 is 5.98. The first-order valence-corrected chi connectivity index (χ1v) is 6.23. The van der Waals surface area contributed by atoms with Gasteiger partial charge in [-0.3, -0.25) is 0 Å². The van der Waals surface area contributed by atoms with Crippen LogP contribution in [0, 0.1) is 0 Å². The normalized spacial score (nSPS) is 12.8. The number of rotatable bonds is 2. The number of hydrogen-bond donors (Lipinski definition) is 0. The molecule has 0 amide bonds. The van der Waals surface area contributed by atoms with Crippen LogP contribution in [0.3, 0.4) is 0 Å². The highest BCUT2D eigenvalue weighted by Crippen LogP contribution is 2.20. The molecule has 0 fully saturated rings. The summed E-state index contributed by atoms with van der Waals surface area (Å²) in [5.41, 5.74) is 1.77. The highest BCUT2D eigenvalue weighted by atomic mass is 35.5. The Morgan fingerprint density at radius 2 is 1.89 bits per heavy atom. The van der Waals surface area contributed by atoms with Crippen LogP contribution in [0.25, 0.3) is 16.5 Å². The van der Waals surface area contributed by atoms with Gasteiger partial charge in [0.15, 0.2) is 0 Å². The van der Waals surface area contributed by atoms with Gasteiger partial charge in [0.1, 0.15) is 5.69 Å². The van der Waals surface area contributed by atoms with Gasteiger partial charge in [-0.05, 0) is 29.8 Å². The van der Waals surface area contributed by atoms with Gasteiger partial charge in [-0.1, -0.05) is 35.5 Å². The van der Waals surface area contributed by atoms with Gasteiger partial charge in [0.25, 0.3) is 0 Å². The molecule has 0 aliphatic carbocycles. The zero-order chi connectivity index (χ0) is 12.5. The number of benzene rings is 2. The molecular weight excluding hydrogens is 246 g/mol. The van der Waals surface area contributed by atoms with E-state index in [0.29, 0.717) is 0 Å². The molecule has 0 aliphatic heterocycles. The predicted molar refractivity (Wildman–Crippen MR) is 73.1 cm³/mol. The van der Waals surface area contributed by atoms with Crippen LogP contribution in [-0.2, 0) is 0 Å². The van der Waals surface area contributed by atoms with E-state index >= 15 is 0 Å². The van der Waals surface area contributed by atoms with E-state index in [2.05, 4.69) is 34.6 Å². The summed E-state index contributed by atoms with van der Waals surface area (Å²) < 4.78 is 1.75. The molecule has 4 heteroatoms. The van der Waals surface area contributed by atoms with E-state index in [-0.39, 0.29) is 5.38 Å². The molecule has 0 aliphatic rings. The summed E-state index contributed by atoms with van der Waals surface area (Å²) in [5.74, 6) is 0. The first-order valence-electron chi connectivity index (χ1n) is 5.79. The van der Waals surface area contributed by atoms with Gasteiger partial charge in [-0.25, -0.2) is 4.68 Å². The maximum absolute atomic E-state index is 5.98. The topological polar surface area (TPSA) is 30.7 Å². The third-order valence-electron chi connectivity index (χ3n) is 2.92. The third-order valence-corrected chi connectivity index (χ3v) is 3.14. The van der Waals surface area contributed by atoms with Gasteiger partial charge in [0, 0.05) is 0 Å². The minimum absolute atomic E-state index is 0.126. The second-order valence-corrected chi connectivity index (χ2v) is 4.89. The minimum atomic E-state index is -0.126. The number of alkyl halides is 1. The lowest BCUT2D eigenvalue weighted by Crippen LogP contribution is -1.94. The van der Waals surface area contributed by atoms with Crippen LogP contribution >= 0.6 is 11.6 Å². The Hall–Kier alpha value is -1.87. The van der Waals surface area contributed by atoms with Crippen molar-refractivity contribution in [3.63, 3.8) is 0 Å². The van der Waals surface area contributed by atoms with E-state index in [4.69, 9.17) is 11.6 Å². The van der Waals surface area contributed by atoms with Gasteiger partial charge >= 0.3 is 0 Å². The molecule has 1 heterocycles. The predicted octanol–water partition coefficient (Wildman–Crippen LogP) is 3.72. The summed E-state index contributed by atoms with van der Waals surface area (Å²) in [6.45, 7) is 1.89. The average Bonchev–Trinajstić information content (AvgIpc) is 2.88. The van der Waals surface area contributed by atoms with E-state index in [1.807, 2.05) is 31.3 Å². The first-order chi connectivity index (χ1) is 8.74. The van der Waals surface area contributed by atoms with Crippen LogP contribution in [0.2, 0.25) is 0 Å². The van der Waals surface area contributed by atoms with Crippen LogP contribution in [0.5, 0.6) is 0 Å². The molecule has 2 aromatic carbocycles. The molecule has 0 bridgehead atoms. The Balaban J connectivity index is 2.07. The van der Waals surface area contributed by atoms with E-state index in [9.17, 15) is 0 Å². The van der Waals surface area contributed by atoms with Crippen molar-refractivity contribution in [3.05, 3.63) is 54.4 Å². The molecule has 0 saturated heterocycles. The Morgan fingerprint density at radius 1 is 1.11 bits per heavy atom. The maximum Gasteiger partial charge on any atom is 0.101 e. The van der Waals surface area contributed by atoms with Crippen LogP contribution in [0.4, 0.5) is 0 Å². The Morgan fingerprint density at radius 3 is 2.61 bits per heavy atom. The quantitative estimate of drug-likeness (QED) is 0.655. The molecule has 0 spiro atoms. The summed E-state index contributed by atoms with van der Waals surface area (Å²) in [6.07, 6.45) is 1.86. The zero-order valence-corrected chi connectivity index (χ0v) is 10.7. The number of nitrogens with zero attached hydrogens (tertiary/aromatic N) is 3. The van der Waals surface area contributed by atoms with E-state index in [1.54, 1.807) is 4.68 Å². The average molecular weight is 258 g/mol. The largest absolute Gasteiger partial charge is 0.220 e.